The van der Waals surface area contributed by atoms with Gasteiger partial charge in [0.25, 0.3) is 0 Å². The van der Waals surface area contributed by atoms with Crippen molar-refractivity contribution >= 4 is 11.5 Å². The quantitative estimate of drug-likeness (QED) is 0.559. The van der Waals surface area contributed by atoms with E-state index >= 15 is 0 Å². The minimum atomic E-state index is -0.956. The summed E-state index contributed by atoms with van der Waals surface area (Å²) < 4.78 is 11.6. The molecule has 1 aromatic carbocycles. The predicted molar refractivity (Wildman–Crippen MR) is 119 cm³/mol. The van der Waals surface area contributed by atoms with Crippen LogP contribution < -0.4 is 10.5 Å². The number of hydrogen-bond acceptors (Lipinski definition) is 8. The number of nitrogens with two attached hydrogens (primary N) is 1. The lowest BCUT2D eigenvalue weighted by molar-refractivity contribution is -0.122. The molecular formula is C24H30N2O6. The van der Waals surface area contributed by atoms with Crippen molar-refractivity contribution in [2.45, 2.75) is 31.6 Å². The first-order valence-electron chi connectivity index (χ1n) is 10.8. The fourth-order valence-electron chi connectivity index (χ4n) is 4.86. The van der Waals surface area contributed by atoms with Gasteiger partial charge in [0.1, 0.15) is 35.0 Å². The summed E-state index contributed by atoms with van der Waals surface area (Å²) in [5, 5.41) is 31.9. The van der Waals surface area contributed by atoms with E-state index in [-0.39, 0.29) is 29.3 Å². The molecule has 0 bridgehead atoms. The molecule has 172 valence electrons. The van der Waals surface area contributed by atoms with E-state index in [0.717, 1.165) is 12.1 Å². The lowest BCUT2D eigenvalue weighted by Crippen LogP contribution is -2.48. The zero-order valence-electron chi connectivity index (χ0n) is 18.5. The number of methoxy groups -OCH3 is 1. The van der Waals surface area contributed by atoms with E-state index in [4.69, 9.17) is 15.2 Å². The second-order valence-corrected chi connectivity index (χ2v) is 8.81. The maximum absolute atomic E-state index is 13.1. The average Bonchev–Trinajstić information content (AvgIpc) is 2.73. The monoisotopic (exact) mass is 442 g/mol. The van der Waals surface area contributed by atoms with Gasteiger partial charge in [-0.1, -0.05) is 0 Å². The smallest absolute Gasteiger partial charge is 0.174 e. The summed E-state index contributed by atoms with van der Waals surface area (Å²) in [6, 6.07) is 5.06. The Kier molecular flexibility index (Phi) is 6.03. The largest absolute Gasteiger partial charge is 0.511 e. The summed E-state index contributed by atoms with van der Waals surface area (Å²) in [7, 11) is 3.49. The van der Waals surface area contributed by atoms with Crippen molar-refractivity contribution in [3.63, 3.8) is 0 Å². The minimum absolute atomic E-state index is 0.155. The number of ketones is 1. The maximum Gasteiger partial charge on any atom is 0.174 e. The zero-order chi connectivity index (χ0) is 23.2. The molecule has 4 rings (SSSR count). The number of benzene rings is 1. The molecule has 0 amide bonds. The first-order valence-corrected chi connectivity index (χ1v) is 10.8. The van der Waals surface area contributed by atoms with Crippen molar-refractivity contribution < 1.29 is 29.6 Å². The third kappa shape index (κ3) is 3.90. The molecule has 32 heavy (non-hydrogen) atoms. The van der Waals surface area contributed by atoms with Gasteiger partial charge in [0.05, 0.1) is 13.2 Å². The van der Waals surface area contributed by atoms with Gasteiger partial charge < -0.3 is 35.4 Å². The van der Waals surface area contributed by atoms with Crippen LogP contribution in [0.3, 0.4) is 0 Å². The third-order valence-corrected chi connectivity index (χ3v) is 6.53. The van der Waals surface area contributed by atoms with Crippen molar-refractivity contribution in [1.82, 2.24) is 4.90 Å². The van der Waals surface area contributed by atoms with Crippen LogP contribution in [0.2, 0.25) is 0 Å². The lowest BCUT2D eigenvalue weighted by atomic mass is 9.74. The lowest BCUT2D eigenvalue weighted by Gasteiger charge is -2.42. The molecule has 0 radical (unpaired) electrons. The molecule has 8 heteroatoms. The molecule has 1 aliphatic carbocycles. The molecule has 5 atom stereocenters. The van der Waals surface area contributed by atoms with Gasteiger partial charge in [0, 0.05) is 47.4 Å². The normalized spacial score (nSPS) is 29.6. The second kappa shape index (κ2) is 8.61. The molecule has 3 aliphatic rings. The number of nitrogens with zero attached hydrogens (tertiary/aromatic N) is 1. The van der Waals surface area contributed by atoms with Gasteiger partial charge in [-0.15, -0.1) is 0 Å². The van der Waals surface area contributed by atoms with Gasteiger partial charge in [-0.25, -0.2) is 0 Å². The molecule has 5 N–H and O–H groups in total. The van der Waals surface area contributed by atoms with E-state index < -0.39 is 18.1 Å². The number of carbonyl (C=O) groups is 1. The fraction of sp³-hybridized carbons (Fsp3) is 0.458. The summed E-state index contributed by atoms with van der Waals surface area (Å²) >= 11 is 0. The Balaban J connectivity index is 1.73. The molecule has 2 heterocycles. The van der Waals surface area contributed by atoms with E-state index in [1.165, 1.54) is 12.2 Å². The van der Waals surface area contributed by atoms with Crippen LogP contribution in [0.5, 0.6) is 5.75 Å². The van der Waals surface area contributed by atoms with Gasteiger partial charge in [0.2, 0.25) is 0 Å². The van der Waals surface area contributed by atoms with Crippen LogP contribution >= 0.6 is 0 Å². The molecular weight excluding hydrogens is 412 g/mol. The highest BCUT2D eigenvalue weighted by atomic mass is 16.5. The minimum Gasteiger partial charge on any atom is -0.511 e. The van der Waals surface area contributed by atoms with Crippen LogP contribution in [0.25, 0.3) is 5.76 Å². The molecule has 2 aliphatic heterocycles. The van der Waals surface area contributed by atoms with Crippen LogP contribution in [-0.4, -0.2) is 65.5 Å². The van der Waals surface area contributed by atoms with Crippen molar-refractivity contribution in [1.29, 1.82) is 0 Å². The van der Waals surface area contributed by atoms with Crippen LogP contribution in [0.4, 0.5) is 0 Å². The number of rotatable bonds is 4. The van der Waals surface area contributed by atoms with Crippen LogP contribution in [0.1, 0.15) is 30.5 Å². The fourth-order valence-corrected chi connectivity index (χ4v) is 4.86. The number of likely N-dealkylation sites (N-methyl/N-ethyl adjacent to an activating group) is 1. The summed E-state index contributed by atoms with van der Waals surface area (Å²) in [5.74, 6) is -1.11. The van der Waals surface area contributed by atoms with Crippen LogP contribution in [0, 0.1) is 11.8 Å². The summed E-state index contributed by atoms with van der Waals surface area (Å²) in [5.41, 5.74) is 7.94. The molecule has 1 fully saturated rings. The summed E-state index contributed by atoms with van der Waals surface area (Å²) in [6.45, 7) is 3.02. The molecule has 0 aromatic heterocycles. The highest BCUT2D eigenvalue weighted by Crippen LogP contribution is 2.43. The standard InChI is InChI=1S/C24H30N2O6/c1-12(25)15-8-13(4-5-20(15)31-3)21-10-18(29)23-17(28)9-16(27)22(24(23)32-21)14-6-7-26(2)11-19(14)30/h4-5,8-10,12,14,19,23-24,27-28,30H,6-7,11,25H2,1-3H3/t12?,14-,19+,23?,24?/m1/s1. The Morgan fingerprint density at radius 3 is 2.69 bits per heavy atom. The van der Waals surface area contributed by atoms with Crippen LogP contribution in [0.15, 0.2) is 47.4 Å². The molecule has 0 spiro atoms. The number of carbonyl (C=O) groups excluding carboxylic acids is 1. The Morgan fingerprint density at radius 2 is 2.03 bits per heavy atom. The van der Waals surface area contributed by atoms with Crippen molar-refractivity contribution in [3.05, 3.63) is 58.6 Å². The molecule has 0 saturated carbocycles. The number of aliphatic hydroxyl groups is 3. The Hall–Kier alpha value is -2.81. The molecule has 8 nitrogen and oxygen atoms in total. The van der Waals surface area contributed by atoms with E-state index in [0.29, 0.717) is 35.6 Å². The number of aliphatic hydroxyl groups excluding tert-OH is 3. The number of piperidine rings is 1. The SMILES string of the molecule is COc1ccc(C2=CC(=O)C3C(O)=CC(O)=C([C@@H]4CCN(C)C[C@@H]4O)C3O2)cc1C(C)N. The van der Waals surface area contributed by atoms with Crippen LogP contribution in [-0.2, 0) is 9.53 Å². The number of β-amino-alcohol motifs (C(OH)–C–C–N with tert-alkyl or cyclic N) is 1. The predicted octanol–water partition coefficient (Wildman–Crippen LogP) is 2.22. The topological polar surface area (TPSA) is 125 Å². The highest BCUT2D eigenvalue weighted by Gasteiger charge is 2.47. The van der Waals surface area contributed by atoms with E-state index in [1.54, 1.807) is 19.2 Å². The Labute approximate surface area is 187 Å². The van der Waals surface area contributed by atoms with E-state index in [1.807, 2.05) is 24.9 Å². The number of fused-ring (bicyclic) bond motifs is 1. The van der Waals surface area contributed by atoms with Gasteiger partial charge >= 0.3 is 0 Å². The molecule has 1 aromatic rings. The Morgan fingerprint density at radius 1 is 1.28 bits per heavy atom. The van der Waals surface area contributed by atoms with Crippen molar-refractivity contribution in [3.8, 4) is 5.75 Å². The van der Waals surface area contributed by atoms with Crippen molar-refractivity contribution in [2.75, 3.05) is 27.2 Å². The average molecular weight is 443 g/mol. The number of allylic oxidation sites excluding steroid dienone is 2. The number of likely N-dealkylation sites (tertiary alicyclic amines) is 1. The first-order chi connectivity index (χ1) is 15.2. The molecule has 3 unspecified atom stereocenters. The first kappa shape index (κ1) is 22.4. The van der Waals surface area contributed by atoms with E-state index in [2.05, 4.69) is 0 Å². The summed E-state index contributed by atoms with van der Waals surface area (Å²) in [4.78, 5) is 15.1. The van der Waals surface area contributed by atoms with Gasteiger partial charge in [0.15, 0.2) is 5.78 Å². The third-order valence-electron chi connectivity index (χ3n) is 6.53. The second-order valence-electron chi connectivity index (χ2n) is 8.81. The van der Waals surface area contributed by atoms with Gasteiger partial charge in [-0.2, -0.15) is 0 Å². The van der Waals surface area contributed by atoms with Crippen molar-refractivity contribution in [2.24, 2.45) is 17.6 Å². The summed E-state index contributed by atoms with van der Waals surface area (Å²) in [6.07, 6.45) is 1.53. The van der Waals surface area contributed by atoms with E-state index in [9.17, 15) is 20.1 Å². The maximum atomic E-state index is 13.1. The van der Waals surface area contributed by atoms with Gasteiger partial charge in [-0.05, 0) is 45.1 Å². The highest BCUT2D eigenvalue weighted by molar-refractivity contribution is 6.01. The van der Waals surface area contributed by atoms with Gasteiger partial charge in [-0.3, -0.25) is 4.79 Å². The number of ether oxygens (including phenoxy) is 2. The Bertz CT molecular complexity index is 1010. The number of hydrogen-bond donors (Lipinski definition) is 4. The zero-order valence-corrected chi connectivity index (χ0v) is 18.5. The molecule has 1 saturated heterocycles.